The van der Waals surface area contributed by atoms with Crippen LogP contribution in [0.25, 0.3) is 0 Å². The van der Waals surface area contributed by atoms with Crippen LogP contribution in [-0.4, -0.2) is 72.2 Å². The van der Waals surface area contributed by atoms with E-state index in [1.165, 1.54) is 22.6 Å². The fourth-order valence-corrected chi connectivity index (χ4v) is 4.75. The first-order valence-electron chi connectivity index (χ1n) is 7.41. The Balaban J connectivity index is 2.54. The van der Waals surface area contributed by atoms with Crippen molar-refractivity contribution in [2.45, 2.75) is 22.1 Å². The Bertz CT molecular complexity index is 585. The highest BCUT2D eigenvalue weighted by atomic mass is 32.1. The molecule has 21 heavy (non-hydrogen) atoms. The van der Waals surface area contributed by atoms with Crippen LogP contribution in [0.5, 0.6) is 0 Å². The number of nitrogens with zero attached hydrogens (tertiary/aromatic N) is 1. The number of hydrogen-bond donors (Lipinski definition) is 0. The zero-order valence-corrected chi connectivity index (χ0v) is 15.3. The zero-order chi connectivity index (χ0) is 16.2. The molecule has 0 unspecified atom stereocenters. The van der Waals surface area contributed by atoms with Crippen LogP contribution < -0.4 is 0 Å². The third-order valence-electron chi connectivity index (χ3n) is 6.11. The lowest BCUT2D eigenvalue weighted by molar-refractivity contribution is -0.0753. The fraction of sp³-hybridized carbons (Fsp3) is 0.545. The molecule has 2 rings (SSSR count). The van der Waals surface area contributed by atoms with Crippen molar-refractivity contribution in [3.05, 3.63) is 21.4 Å². The number of rotatable bonds is 2. The van der Waals surface area contributed by atoms with E-state index in [0.717, 1.165) is 11.3 Å². The molecule has 1 aliphatic rings. The van der Waals surface area contributed by atoms with Crippen LogP contribution >= 0.6 is 11.3 Å². The van der Waals surface area contributed by atoms with Gasteiger partial charge < -0.3 is 0 Å². The molecule has 0 fully saturated rings. The molecule has 0 aromatic carbocycles. The standard InChI is InChI=1S/C11H21B6NO2S/c1-18(20-2)8(19)6-3-5-7(21-6)4-9(12,13)11(16,17)10(5,14)15/h3H,4,12-17H2,1-2H3. The fourth-order valence-electron chi connectivity index (χ4n) is 3.24. The first-order chi connectivity index (χ1) is 9.45. The van der Waals surface area contributed by atoms with Gasteiger partial charge >= 0.3 is 0 Å². The van der Waals surface area contributed by atoms with Crippen LogP contribution in [-0.2, 0) is 16.5 Å². The smallest absolute Gasteiger partial charge is 0.274 e. The number of carbonyl (C=O) groups excluding carboxylic acids is 1. The van der Waals surface area contributed by atoms with Gasteiger partial charge in [0, 0.05) is 11.9 Å². The third kappa shape index (κ3) is 2.35. The van der Waals surface area contributed by atoms with Crippen LogP contribution in [0, 0.1) is 0 Å². The highest BCUT2D eigenvalue weighted by molar-refractivity contribution is 7.14. The molecule has 0 N–H and O–H groups in total. The van der Waals surface area contributed by atoms with E-state index in [1.807, 2.05) is 0 Å². The van der Waals surface area contributed by atoms with Crippen LogP contribution in [0.3, 0.4) is 0 Å². The Morgan fingerprint density at radius 1 is 1.29 bits per heavy atom. The SMILES string of the molecule is BC1(B)Cc2sc(C(=O)N(C)OC)cc2C(B)(B)C1(B)B. The molecule has 10 heteroatoms. The maximum Gasteiger partial charge on any atom is 0.287 e. The second-order valence-corrected chi connectivity index (χ2v) is 8.88. The van der Waals surface area contributed by atoms with E-state index in [2.05, 4.69) is 53.1 Å². The highest BCUT2D eigenvalue weighted by Crippen LogP contribution is 2.60. The molecule has 0 saturated carbocycles. The van der Waals surface area contributed by atoms with E-state index in [4.69, 9.17) is 4.84 Å². The van der Waals surface area contributed by atoms with E-state index in [0.29, 0.717) is 0 Å². The van der Waals surface area contributed by atoms with Crippen molar-refractivity contribution in [1.82, 2.24) is 5.06 Å². The minimum atomic E-state index is -0.0664. The molecule has 1 aliphatic carbocycles. The first-order valence-corrected chi connectivity index (χ1v) is 8.22. The van der Waals surface area contributed by atoms with Crippen molar-refractivity contribution in [3.63, 3.8) is 0 Å². The Morgan fingerprint density at radius 2 is 1.86 bits per heavy atom. The van der Waals surface area contributed by atoms with Gasteiger partial charge in [-0.1, -0.05) is 15.6 Å². The van der Waals surface area contributed by atoms with Gasteiger partial charge in [0.1, 0.15) is 15.7 Å². The van der Waals surface area contributed by atoms with Gasteiger partial charge in [0.25, 0.3) is 5.91 Å². The molecule has 0 atom stereocenters. The van der Waals surface area contributed by atoms with Crippen LogP contribution in [0.4, 0.5) is 0 Å². The molecule has 0 aliphatic heterocycles. The van der Waals surface area contributed by atoms with Crippen molar-refractivity contribution < 1.29 is 9.63 Å². The monoisotopic (exact) mass is 297 g/mol. The number of thiophene rings is 1. The minimum absolute atomic E-state index is 0.0325. The topological polar surface area (TPSA) is 29.5 Å². The van der Waals surface area contributed by atoms with Gasteiger partial charge in [0.15, 0.2) is 0 Å². The minimum Gasteiger partial charge on any atom is -0.274 e. The molecule has 1 heterocycles. The van der Waals surface area contributed by atoms with Crippen molar-refractivity contribution in [3.8, 4) is 0 Å². The van der Waals surface area contributed by atoms with Gasteiger partial charge in [-0.3, -0.25) is 9.63 Å². The predicted molar refractivity (Wildman–Crippen MR) is 105 cm³/mol. The third-order valence-corrected chi connectivity index (χ3v) is 7.23. The lowest BCUT2D eigenvalue weighted by Crippen LogP contribution is -2.54. The molecular weight excluding hydrogens is 275 g/mol. The largest absolute Gasteiger partial charge is 0.287 e. The maximum atomic E-state index is 12.3. The molecular formula is C11H21B6NO2S. The molecule has 0 saturated heterocycles. The lowest BCUT2D eigenvalue weighted by atomic mass is 9.15. The number of amides is 1. The van der Waals surface area contributed by atoms with Gasteiger partial charge in [0.05, 0.1) is 43.4 Å². The summed E-state index contributed by atoms with van der Waals surface area (Å²) in [6, 6.07) is 2.08. The molecule has 0 bridgehead atoms. The molecule has 1 aromatic rings. The molecule has 106 valence electrons. The summed E-state index contributed by atoms with van der Waals surface area (Å²) in [7, 11) is 17.1. The maximum absolute atomic E-state index is 12.3. The second-order valence-electron chi connectivity index (χ2n) is 7.74. The summed E-state index contributed by atoms with van der Waals surface area (Å²) < 4.78 is 0. The summed E-state index contributed by atoms with van der Waals surface area (Å²) in [5.41, 5.74) is 1.32. The Hall–Kier alpha value is -0.480. The number of hydroxylamine groups is 2. The van der Waals surface area contributed by atoms with E-state index in [1.54, 1.807) is 18.4 Å². The Morgan fingerprint density at radius 3 is 2.38 bits per heavy atom. The van der Waals surface area contributed by atoms with Crippen LogP contribution in [0.2, 0.25) is 10.4 Å². The van der Waals surface area contributed by atoms with Crippen molar-refractivity contribution in [1.29, 1.82) is 0 Å². The van der Waals surface area contributed by atoms with E-state index >= 15 is 0 Å². The zero-order valence-electron chi connectivity index (χ0n) is 14.5. The summed E-state index contributed by atoms with van der Waals surface area (Å²) in [4.78, 5) is 19.5. The van der Waals surface area contributed by atoms with E-state index in [-0.39, 0.29) is 21.5 Å². The Kier molecular flexibility index (Phi) is 4.04. The number of carbonyl (C=O) groups is 1. The normalized spacial score (nSPS) is 21.4. The molecule has 1 aromatic heterocycles. The number of hydrogen-bond acceptors (Lipinski definition) is 3. The van der Waals surface area contributed by atoms with Gasteiger partial charge in [-0.2, -0.15) is 0 Å². The Labute approximate surface area is 137 Å². The predicted octanol–water partition coefficient (Wildman–Crippen LogP) is -3.88. The average Bonchev–Trinajstić information content (AvgIpc) is 2.79. The van der Waals surface area contributed by atoms with Crippen molar-refractivity contribution in [2.75, 3.05) is 14.2 Å². The molecule has 0 spiro atoms. The lowest BCUT2D eigenvalue weighted by Gasteiger charge is -2.57. The van der Waals surface area contributed by atoms with Gasteiger partial charge in [-0.05, 0) is 18.1 Å². The highest BCUT2D eigenvalue weighted by Gasteiger charge is 2.52. The van der Waals surface area contributed by atoms with Crippen molar-refractivity contribution in [2.24, 2.45) is 0 Å². The van der Waals surface area contributed by atoms with Gasteiger partial charge in [-0.25, -0.2) is 5.06 Å². The van der Waals surface area contributed by atoms with E-state index in [9.17, 15) is 4.79 Å². The van der Waals surface area contributed by atoms with Crippen LogP contribution in [0.15, 0.2) is 6.07 Å². The summed E-state index contributed by atoms with van der Waals surface area (Å²) in [6.45, 7) is 0. The first kappa shape index (κ1) is 16.9. The number of fused-ring (bicyclic) bond motifs is 1. The van der Waals surface area contributed by atoms with Gasteiger partial charge in [-0.15, -0.1) is 11.3 Å². The average molecular weight is 296 g/mol. The van der Waals surface area contributed by atoms with Gasteiger partial charge in [0.2, 0.25) is 0 Å². The van der Waals surface area contributed by atoms with Crippen molar-refractivity contribution >= 4 is 64.3 Å². The molecule has 1 amide bonds. The summed E-state index contributed by atoms with van der Waals surface area (Å²) >= 11 is 1.62. The second kappa shape index (κ2) is 5.02. The molecule has 0 radical (unpaired) electrons. The molecule has 3 nitrogen and oxygen atoms in total. The van der Waals surface area contributed by atoms with Crippen LogP contribution in [0.1, 0.15) is 20.1 Å². The summed E-state index contributed by atoms with van der Waals surface area (Å²) in [6.07, 6.45) is 1.02. The quantitative estimate of drug-likeness (QED) is 0.413. The summed E-state index contributed by atoms with van der Waals surface area (Å²) in [5.74, 6) is -0.0664. The van der Waals surface area contributed by atoms with E-state index < -0.39 is 0 Å². The summed E-state index contributed by atoms with van der Waals surface area (Å²) in [5, 5.41) is 1.68.